The third-order valence-electron chi connectivity index (χ3n) is 3.68. The molecule has 2 heterocycles. The quantitative estimate of drug-likeness (QED) is 0.887. The smallest absolute Gasteiger partial charge is 0.435 e. The molecule has 2 aromatic rings. The summed E-state index contributed by atoms with van der Waals surface area (Å²) < 4.78 is 40.5. The van der Waals surface area contributed by atoms with Crippen LogP contribution in [0.25, 0.3) is 12.0 Å². The summed E-state index contributed by atoms with van der Waals surface area (Å²) in [6.07, 6.45) is -0.352. The van der Waals surface area contributed by atoms with E-state index in [2.05, 4.69) is 15.1 Å². The molecule has 3 N–H and O–H groups in total. The standard InChI is InChI=1S/C14H12F3N5O2/c15-14(16,17)10-9(6-7-4-8(5-7)12(23)24)11(18)22(21-10)13-19-2-1-3-20-13/h1-3,6,8H,4-5,18H2,(H,23,24). The Labute approximate surface area is 133 Å². The monoisotopic (exact) mass is 339 g/mol. The Hall–Kier alpha value is -2.91. The van der Waals surface area contributed by atoms with Gasteiger partial charge in [-0.15, -0.1) is 0 Å². The maximum atomic E-state index is 13.2. The number of rotatable bonds is 3. The van der Waals surface area contributed by atoms with Crippen LogP contribution in [0.15, 0.2) is 24.0 Å². The van der Waals surface area contributed by atoms with Crippen molar-refractivity contribution in [2.24, 2.45) is 5.92 Å². The minimum Gasteiger partial charge on any atom is -0.481 e. The molecule has 0 aliphatic heterocycles. The molecule has 0 saturated heterocycles. The van der Waals surface area contributed by atoms with Crippen LogP contribution in [0.5, 0.6) is 0 Å². The number of nitrogens with zero attached hydrogens (tertiary/aromatic N) is 4. The van der Waals surface area contributed by atoms with Crippen LogP contribution in [-0.4, -0.2) is 30.8 Å². The van der Waals surface area contributed by atoms with Gasteiger partial charge in [0.1, 0.15) is 5.82 Å². The minimum absolute atomic E-state index is 0.0813. The number of hydrogen-bond acceptors (Lipinski definition) is 5. The van der Waals surface area contributed by atoms with Crippen LogP contribution < -0.4 is 5.73 Å². The first-order valence-corrected chi connectivity index (χ1v) is 6.92. The summed E-state index contributed by atoms with van der Waals surface area (Å²) in [4.78, 5) is 18.5. The van der Waals surface area contributed by atoms with Crippen LogP contribution in [0.1, 0.15) is 24.1 Å². The Balaban J connectivity index is 2.04. The van der Waals surface area contributed by atoms with E-state index in [-0.39, 0.29) is 30.2 Å². The van der Waals surface area contributed by atoms with E-state index in [0.29, 0.717) is 5.57 Å². The zero-order chi connectivity index (χ0) is 17.5. The summed E-state index contributed by atoms with van der Waals surface area (Å²) in [5.74, 6) is -1.87. The van der Waals surface area contributed by atoms with Crippen molar-refractivity contribution in [3.63, 3.8) is 0 Å². The van der Waals surface area contributed by atoms with E-state index in [1.165, 1.54) is 24.5 Å². The lowest BCUT2D eigenvalue weighted by Crippen LogP contribution is -2.23. The number of hydrogen-bond donors (Lipinski definition) is 2. The van der Waals surface area contributed by atoms with Crippen LogP contribution in [-0.2, 0) is 11.0 Å². The first-order chi connectivity index (χ1) is 11.3. The van der Waals surface area contributed by atoms with Crippen LogP contribution in [0.3, 0.4) is 0 Å². The van der Waals surface area contributed by atoms with Gasteiger partial charge in [0.05, 0.1) is 5.92 Å². The second-order valence-corrected chi connectivity index (χ2v) is 5.35. The van der Waals surface area contributed by atoms with Gasteiger partial charge in [-0.3, -0.25) is 4.79 Å². The van der Waals surface area contributed by atoms with E-state index in [1.54, 1.807) is 0 Å². The second kappa shape index (κ2) is 5.62. The SMILES string of the molecule is Nc1c(C=C2CC(C(=O)O)C2)c(C(F)(F)F)nn1-c1ncccn1. The summed E-state index contributed by atoms with van der Waals surface area (Å²) in [6.45, 7) is 0. The highest BCUT2D eigenvalue weighted by Gasteiger charge is 2.39. The van der Waals surface area contributed by atoms with Crippen molar-refractivity contribution in [2.75, 3.05) is 5.73 Å². The topological polar surface area (TPSA) is 107 Å². The Morgan fingerprint density at radius 3 is 2.50 bits per heavy atom. The Bertz CT molecular complexity index is 806. The molecule has 126 valence electrons. The Morgan fingerprint density at radius 2 is 1.96 bits per heavy atom. The van der Waals surface area contributed by atoms with Gasteiger partial charge in [-0.1, -0.05) is 5.57 Å². The molecule has 0 radical (unpaired) electrons. The highest BCUT2D eigenvalue weighted by atomic mass is 19.4. The van der Waals surface area contributed by atoms with Gasteiger partial charge in [-0.2, -0.15) is 23.0 Å². The number of carboxylic acids is 1. The molecule has 0 amide bonds. The lowest BCUT2D eigenvalue weighted by Gasteiger charge is -2.25. The Kier molecular flexibility index (Phi) is 3.74. The number of nitrogen functional groups attached to an aromatic ring is 1. The fourth-order valence-electron chi connectivity index (χ4n) is 2.42. The molecule has 0 atom stereocenters. The predicted octanol–water partition coefficient (Wildman–Crippen LogP) is 2.14. The summed E-state index contributed by atoms with van der Waals surface area (Å²) >= 11 is 0. The van der Waals surface area contributed by atoms with Crippen molar-refractivity contribution in [3.05, 3.63) is 35.3 Å². The molecule has 2 aromatic heterocycles. The molecule has 0 unspecified atom stereocenters. The molecule has 10 heteroatoms. The molecular formula is C14H12F3N5O2. The average Bonchev–Trinajstić information content (AvgIpc) is 2.80. The number of alkyl halides is 3. The fraction of sp³-hybridized carbons (Fsp3) is 0.286. The summed E-state index contributed by atoms with van der Waals surface area (Å²) in [5, 5.41) is 12.3. The van der Waals surface area contributed by atoms with Gasteiger partial charge >= 0.3 is 12.1 Å². The molecule has 7 nitrogen and oxygen atoms in total. The lowest BCUT2D eigenvalue weighted by molar-refractivity contribution is -0.143. The zero-order valence-electron chi connectivity index (χ0n) is 12.2. The van der Waals surface area contributed by atoms with E-state index in [0.717, 1.165) is 4.68 Å². The molecule has 0 bridgehead atoms. The van der Waals surface area contributed by atoms with E-state index < -0.39 is 23.8 Å². The van der Waals surface area contributed by atoms with E-state index in [1.807, 2.05) is 0 Å². The van der Waals surface area contributed by atoms with Crippen molar-refractivity contribution in [1.82, 2.24) is 19.7 Å². The van der Waals surface area contributed by atoms with Crippen LogP contribution >= 0.6 is 0 Å². The summed E-state index contributed by atoms with van der Waals surface area (Å²) in [6, 6.07) is 1.51. The van der Waals surface area contributed by atoms with Crippen LogP contribution in [0.4, 0.5) is 19.0 Å². The molecule has 1 aliphatic carbocycles. The van der Waals surface area contributed by atoms with E-state index >= 15 is 0 Å². The largest absolute Gasteiger partial charge is 0.481 e. The fourth-order valence-corrected chi connectivity index (χ4v) is 2.42. The first-order valence-electron chi connectivity index (χ1n) is 6.92. The maximum absolute atomic E-state index is 13.2. The van der Waals surface area contributed by atoms with Gasteiger partial charge in [0, 0.05) is 18.0 Å². The number of allylic oxidation sites excluding steroid dienone is 1. The molecule has 0 spiro atoms. The molecule has 1 aliphatic rings. The van der Waals surface area contributed by atoms with Crippen molar-refractivity contribution < 1.29 is 23.1 Å². The van der Waals surface area contributed by atoms with Crippen molar-refractivity contribution in [1.29, 1.82) is 0 Å². The highest BCUT2D eigenvalue weighted by molar-refractivity contribution is 5.76. The molecule has 1 saturated carbocycles. The van der Waals surface area contributed by atoms with Crippen LogP contribution in [0.2, 0.25) is 0 Å². The van der Waals surface area contributed by atoms with Crippen molar-refractivity contribution in [3.8, 4) is 5.95 Å². The van der Waals surface area contributed by atoms with Gasteiger partial charge in [-0.25, -0.2) is 9.97 Å². The molecule has 0 aromatic carbocycles. The number of halogens is 3. The Morgan fingerprint density at radius 1 is 1.33 bits per heavy atom. The number of aromatic nitrogens is 4. The predicted molar refractivity (Wildman–Crippen MR) is 76.9 cm³/mol. The normalized spacial score (nSPS) is 17.5. The summed E-state index contributed by atoms with van der Waals surface area (Å²) in [7, 11) is 0. The van der Waals surface area contributed by atoms with Gasteiger partial charge in [0.25, 0.3) is 5.95 Å². The third-order valence-corrected chi connectivity index (χ3v) is 3.68. The zero-order valence-corrected chi connectivity index (χ0v) is 12.2. The lowest BCUT2D eigenvalue weighted by atomic mass is 9.79. The van der Waals surface area contributed by atoms with Crippen molar-refractivity contribution in [2.45, 2.75) is 19.0 Å². The van der Waals surface area contributed by atoms with Gasteiger partial charge in [0.15, 0.2) is 5.69 Å². The third kappa shape index (κ3) is 2.82. The highest BCUT2D eigenvalue weighted by Crippen LogP contribution is 2.39. The van der Waals surface area contributed by atoms with Crippen LogP contribution in [0, 0.1) is 5.92 Å². The first kappa shape index (κ1) is 16.0. The number of anilines is 1. The molecule has 1 fully saturated rings. The molecular weight excluding hydrogens is 327 g/mol. The van der Waals surface area contributed by atoms with Gasteiger partial charge in [-0.05, 0) is 25.0 Å². The van der Waals surface area contributed by atoms with E-state index in [9.17, 15) is 18.0 Å². The summed E-state index contributed by atoms with van der Waals surface area (Å²) in [5.41, 5.74) is 4.94. The molecule has 24 heavy (non-hydrogen) atoms. The van der Waals surface area contributed by atoms with Gasteiger partial charge in [0.2, 0.25) is 0 Å². The number of carboxylic acid groups (broad SMARTS) is 1. The van der Waals surface area contributed by atoms with Gasteiger partial charge < -0.3 is 10.8 Å². The number of carbonyl (C=O) groups is 1. The molecule has 3 rings (SSSR count). The minimum atomic E-state index is -4.71. The number of aliphatic carboxylic acids is 1. The van der Waals surface area contributed by atoms with Crippen molar-refractivity contribution >= 4 is 17.9 Å². The average molecular weight is 339 g/mol. The van der Waals surface area contributed by atoms with E-state index in [4.69, 9.17) is 10.8 Å². The second-order valence-electron chi connectivity index (χ2n) is 5.35. The number of nitrogens with two attached hydrogens (primary N) is 1. The maximum Gasteiger partial charge on any atom is 0.435 e.